The topological polar surface area (TPSA) is 139 Å². The van der Waals surface area contributed by atoms with Gasteiger partial charge in [0.15, 0.2) is 5.96 Å². The molecule has 0 saturated heterocycles. The van der Waals surface area contributed by atoms with E-state index in [-0.39, 0.29) is 35.0 Å². The third-order valence-corrected chi connectivity index (χ3v) is 6.47. The number of anilines is 1. The largest absolute Gasteiger partial charge is 0.494 e. The molecule has 0 fully saturated rings. The minimum absolute atomic E-state index is 0.0891. The first-order valence-electron chi connectivity index (χ1n) is 13.3. The third-order valence-electron chi connectivity index (χ3n) is 5.87. The van der Waals surface area contributed by atoms with Gasteiger partial charge < -0.3 is 21.1 Å². The summed E-state index contributed by atoms with van der Waals surface area (Å²) in [6.07, 6.45) is 6.45. The number of carbonyl (C=O) groups is 2. The lowest BCUT2D eigenvalue weighted by Gasteiger charge is -2.12. The van der Waals surface area contributed by atoms with Gasteiger partial charge in [-0.1, -0.05) is 42.5 Å². The number of hydrogen-bond donors (Lipinski definition) is 5. The number of nitrogens with two attached hydrogens (primary N) is 1. The summed E-state index contributed by atoms with van der Waals surface area (Å²) in [5.74, 6) is -0.0822. The van der Waals surface area contributed by atoms with Crippen LogP contribution in [0.4, 0.5) is 5.69 Å². The van der Waals surface area contributed by atoms with Gasteiger partial charge in [0.1, 0.15) is 5.75 Å². The maximum absolute atomic E-state index is 12.7. The normalized spacial score (nSPS) is 16.7. The average Bonchev–Trinajstić information content (AvgIpc) is 2.92. The molecule has 3 heterocycles. The second-order valence-electron chi connectivity index (χ2n) is 9.08. The van der Waals surface area contributed by atoms with Gasteiger partial charge in [0.05, 0.1) is 47.7 Å². The number of nitrogens with one attached hydrogen (secondary N) is 4. The molecule has 12 heteroatoms. The van der Waals surface area contributed by atoms with Crippen molar-refractivity contribution in [3.8, 4) is 5.75 Å². The van der Waals surface area contributed by atoms with Crippen LogP contribution in [0.3, 0.4) is 0 Å². The van der Waals surface area contributed by atoms with Crippen LogP contribution in [-0.4, -0.2) is 44.1 Å². The van der Waals surface area contributed by atoms with E-state index in [1.54, 1.807) is 12.1 Å². The lowest BCUT2D eigenvalue weighted by molar-refractivity contribution is -0.116. The van der Waals surface area contributed by atoms with E-state index in [4.69, 9.17) is 38.5 Å². The number of aliphatic imine (C=N–C) groups is 1. The van der Waals surface area contributed by atoms with Crippen LogP contribution in [0.15, 0.2) is 47.5 Å². The summed E-state index contributed by atoms with van der Waals surface area (Å²) in [7, 11) is 0. The van der Waals surface area contributed by atoms with E-state index in [0.717, 1.165) is 50.0 Å². The van der Waals surface area contributed by atoms with Gasteiger partial charge in [-0.05, 0) is 68.3 Å². The molecule has 0 atom stereocenters. The van der Waals surface area contributed by atoms with E-state index in [1.807, 2.05) is 31.2 Å². The summed E-state index contributed by atoms with van der Waals surface area (Å²) in [6, 6.07) is 10.7. The Hall–Kier alpha value is -3.31. The second kappa shape index (κ2) is 16.7. The molecule has 5 rings (SSSR count). The van der Waals surface area contributed by atoms with E-state index >= 15 is 0 Å². The summed E-state index contributed by atoms with van der Waals surface area (Å²) in [5.41, 5.74) is 10.9. The Morgan fingerprint density at radius 1 is 1.02 bits per heavy atom. The van der Waals surface area contributed by atoms with Crippen LogP contribution in [0, 0.1) is 0 Å². The second-order valence-corrected chi connectivity index (χ2v) is 9.90. The Morgan fingerprint density at radius 2 is 1.73 bits per heavy atom. The average molecular weight is 592 g/mol. The first-order valence-corrected chi connectivity index (χ1v) is 14.0. The minimum Gasteiger partial charge on any atom is -0.494 e. The lowest BCUT2D eigenvalue weighted by atomic mass is 10.1. The van der Waals surface area contributed by atoms with Crippen molar-refractivity contribution in [1.29, 1.82) is 0 Å². The van der Waals surface area contributed by atoms with Gasteiger partial charge in [-0.2, -0.15) is 0 Å². The van der Waals surface area contributed by atoms with Crippen molar-refractivity contribution < 1.29 is 19.2 Å². The summed E-state index contributed by atoms with van der Waals surface area (Å²) >= 11 is 12.8. The number of nitrogens with zero attached hydrogens (tertiary/aromatic N) is 1. The van der Waals surface area contributed by atoms with Crippen molar-refractivity contribution in [2.75, 3.05) is 31.6 Å². The molecule has 0 aromatic heterocycles. The fourth-order valence-corrected chi connectivity index (χ4v) is 4.48. The van der Waals surface area contributed by atoms with Crippen LogP contribution >= 0.6 is 23.2 Å². The highest BCUT2D eigenvalue weighted by molar-refractivity contribution is 6.39. The van der Waals surface area contributed by atoms with Crippen molar-refractivity contribution in [1.82, 2.24) is 16.1 Å². The van der Waals surface area contributed by atoms with Crippen molar-refractivity contribution in [2.24, 2.45) is 10.7 Å². The summed E-state index contributed by atoms with van der Waals surface area (Å²) < 4.78 is 5.86. The summed E-state index contributed by atoms with van der Waals surface area (Å²) in [5, 5.41) is 8.97. The molecule has 0 aliphatic carbocycles. The van der Waals surface area contributed by atoms with Crippen LogP contribution in [0.25, 0.3) is 5.70 Å². The van der Waals surface area contributed by atoms with Crippen LogP contribution < -0.4 is 31.9 Å². The van der Waals surface area contributed by atoms with Crippen molar-refractivity contribution in [3.63, 3.8) is 0 Å². The molecule has 0 unspecified atom stereocenters. The van der Waals surface area contributed by atoms with Gasteiger partial charge >= 0.3 is 0 Å². The van der Waals surface area contributed by atoms with Crippen molar-refractivity contribution in [3.05, 3.63) is 63.6 Å². The molecule has 0 saturated carbocycles. The quantitative estimate of drug-likeness (QED) is 0.334. The number of hydroxylamine groups is 1. The molecule has 2 aromatic carbocycles. The number of halogens is 2. The molecule has 2 amide bonds. The van der Waals surface area contributed by atoms with Crippen LogP contribution in [-0.2, 0) is 21.0 Å². The van der Waals surface area contributed by atoms with Crippen molar-refractivity contribution >= 4 is 52.4 Å². The molecular weight excluding hydrogens is 555 g/mol. The Bertz CT molecular complexity index is 1180. The standard InChI is InChI=1S/C28H36Cl2N6O4/c1-2-40-36-24-16-25(37)35-28(31)33-17-19-14-22(29)27(23(30)15-19)34-26(38)18-32-12-6-4-3-5-7-13-39-21-10-8-20(24)9-11-21/h8-11,14-16,32,36H,2-7,12-13,17-18H2,1H3,(H,34,38)(H3,31,33,35,37). The summed E-state index contributed by atoms with van der Waals surface area (Å²) in [4.78, 5) is 34.6. The highest BCUT2D eigenvalue weighted by Gasteiger charge is 2.12. The Morgan fingerprint density at radius 3 is 2.45 bits per heavy atom. The SMILES string of the molecule is CCONC1=CC(=O)NC(N)=NCc2cc(Cl)c(c(Cl)c2)NC(=O)CNCCCCCCCOc2ccc1cc2. The zero-order chi connectivity index (χ0) is 28.7. The van der Waals surface area contributed by atoms with E-state index in [2.05, 4.69) is 26.4 Å². The Labute approximate surface area is 244 Å². The predicted molar refractivity (Wildman–Crippen MR) is 159 cm³/mol. The number of benzene rings is 2. The van der Waals surface area contributed by atoms with Crippen molar-refractivity contribution in [2.45, 2.75) is 45.6 Å². The van der Waals surface area contributed by atoms with Gasteiger partial charge in [0.2, 0.25) is 5.91 Å². The fourth-order valence-electron chi connectivity index (χ4n) is 3.86. The molecule has 4 bridgehead atoms. The number of rotatable bonds is 3. The van der Waals surface area contributed by atoms with E-state index < -0.39 is 5.91 Å². The van der Waals surface area contributed by atoms with Gasteiger partial charge in [-0.3, -0.25) is 25.2 Å². The minimum atomic E-state index is -0.496. The highest BCUT2D eigenvalue weighted by atomic mass is 35.5. The van der Waals surface area contributed by atoms with Gasteiger partial charge in [-0.15, -0.1) is 0 Å². The van der Waals surface area contributed by atoms with Gasteiger partial charge in [0, 0.05) is 11.6 Å². The molecule has 0 radical (unpaired) electrons. The molecule has 2 aromatic rings. The van der Waals surface area contributed by atoms with E-state index in [1.165, 1.54) is 6.08 Å². The molecule has 3 aliphatic rings. The molecule has 10 nitrogen and oxygen atoms in total. The monoisotopic (exact) mass is 590 g/mol. The lowest BCUT2D eigenvalue weighted by Crippen LogP contribution is -2.36. The molecule has 6 N–H and O–H groups in total. The maximum atomic E-state index is 12.7. The Balaban J connectivity index is 1.77. The third kappa shape index (κ3) is 10.7. The van der Waals surface area contributed by atoms with Gasteiger partial charge in [-0.25, -0.2) is 4.99 Å². The maximum Gasteiger partial charge on any atom is 0.252 e. The Kier molecular flexibility index (Phi) is 13.0. The number of fused-ring (bicyclic) bond motifs is 2. The smallest absolute Gasteiger partial charge is 0.252 e. The van der Waals surface area contributed by atoms with E-state index in [0.29, 0.717) is 30.2 Å². The number of amides is 2. The fraction of sp³-hybridized carbons (Fsp3) is 0.393. The molecular formula is C28H36Cl2N6O4. The molecule has 3 aliphatic heterocycles. The molecule has 40 heavy (non-hydrogen) atoms. The predicted octanol–water partition coefficient (Wildman–Crippen LogP) is 4.38. The highest BCUT2D eigenvalue weighted by Crippen LogP contribution is 2.32. The number of ether oxygens (including phenoxy) is 1. The first kappa shape index (κ1) is 31.2. The molecule has 0 spiro atoms. The van der Waals surface area contributed by atoms with E-state index in [9.17, 15) is 9.59 Å². The van der Waals surface area contributed by atoms with Crippen LogP contribution in [0.2, 0.25) is 10.0 Å². The number of guanidine groups is 1. The number of carbonyl (C=O) groups excluding carboxylic acids is 2. The van der Waals surface area contributed by atoms with Crippen LogP contribution in [0.5, 0.6) is 5.75 Å². The summed E-state index contributed by atoms with van der Waals surface area (Å²) in [6.45, 7) is 3.84. The molecule has 216 valence electrons. The van der Waals surface area contributed by atoms with Crippen LogP contribution in [0.1, 0.15) is 50.2 Å². The first-order chi connectivity index (χ1) is 19.4. The zero-order valence-corrected chi connectivity index (χ0v) is 24.0. The number of hydrogen-bond acceptors (Lipinski definition) is 8. The van der Waals surface area contributed by atoms with Gasteiger partial charge in [0.25, 0.3) is 5.91 Å². The zero-order valence-electron chi connectivity index (χ0n) is 22.5.